The van der Waals surface area contributed by atoms with E-state index < -0.39 is 24.0 Å². The molecule has 1 N–H and O–H groups in total. The van der Waals surface area contributed by atoms with Crippen LogP contribution in [0.3, 0.4) is 0 Å². The van der Waals surface area contributed by atoms with Crippen molar-refractivity contribution in [1.29, 1.82) is 0 Å². The lowest BCUT2D eigenvalue weighted by Gasteiger charge is -2.36. The van der Waals surface area contributed by atoms with E-state index >= 15 is 0 Å². The van der Waals surface area contributed by atoms with E-state index in [-0.39, 0.29) is 17.9 Å². The van der Waals surface area contributed by atoms with E-state index in [9.17, 15) is 9.90 Å². The van der Waals surface area contributed by atoms with Crippen molar-refractivity contribution < 1.29 is 24.1 Å². The zero-order valence-electron chi connectivity index (χ0n) is 11.4. The molecule has 2 aliphatic rings. The lowest BCUT2D eigenvalue weighted by atomic mass is 9.81. The second-order valence-electron chi connectivity index (χ2n) is 5.43. The largest absolute Gasteiger partial charge is 0.465 e. The number of rotatable bonds is 3. The zero-order chi connectivity index (χ0) is 13.5. The summed E-state index contributed by atoms with van der Waals surface area (Å²) in [4.78, 5) is 11.9. The minimum atomic E-state index is -1.31. The summed E-state index contributed by atoms with van der Waals surface area (Å²) in [6.07, 6.45) is -0.265. The second-order valence-corrected chi connectivity index (χ2v) is 5.43. The number of methoxy groups -OCH3 is 1. The molecule has 2 rings (SSSR count). The van der Waals surface area contributed by atoms with Crippen molar-refractivity contribution in [3.05, 3.63) is 0 Å². The fourth-order valence-corrected chi connectivity index (χ4v) is 2.90. The van der Waals surface area contributed by atoms with Gasteiger partial charge >= 0.3 is 5.97 Å². The van der Waals surface area contributed by atoms with Crippen LogP contribution in [0.25, 0.3) is 0 Å². The molecule has 0 aromatic rings. The average Bonchev–Trinajstić information content (AvgIpc) is 2.71. The normalized spacial score (nSPS) is 44.7. The van der Waals surface area contributed by atoms with Crippen LogP contribution in [-0.4, -0.2) is 42.3 Å². The second kappa shape index (κ2) is 4.79. The van der Waals surface area contributed by atoms with Gasteiger partial charge < -0.3 is 19.3 Å². The Morgan fingerprint density at radius 1 is 1.50 bits per heavy atom. The molecule has 2 saturated heterocycles. The monoisotopic (exact) mass is 258 g/mol. The molecule has 5 nitrogen and oxygen atoms in total. The first-order valence-corrected chi connectivity index (χ1v) is 6.57. The maximum Gasteiger partial charge on any atom is 0.366 e. The summed E-state index contributed by atoms with van der Waals surface area (Å²) in [5, 5.41) is 10.0. The van der Waals surface area contributed by atoms with E-state index in [2.05, 4.69) is 13.8 Å². The third kappa shape index (κ3) is 1.94. The number of carbonyl (C=O) groups is 1. The molecular formula is C13H22O5. The van der Waals surface area contributed by atoms with Crippen LogP contribution in [0.5, 0.6) is 0 Å². The number of ether oxygens (including phenoxy) is 3. The van der Waals surface area contributed by atoms with Crippen LogP contribution in [0, 0.1) is 11.8 Å². The van der Waals surface area contributed by atoms with Gasteiger partial charge in [-0.3, -0.25) is 0 Å². The van der Waals surface area contributed by atoms with Crippen molar-refractivity contribution >= 4 is 5.97 Å². The molecule has 0 aliphatic carbocycles. The summed E-state index contributed by atoms with van der Waals surface area (Å²) in [5.74, 6) is -1.28. The molecule has 5 heteroatoms. The smallest absolute Gasteiger partial charge is 0.366 e. The summed E-state index contributed by atoms with van der Waals surface area (Å²) in [5.41, 5.74) is 0. The topological polar surface area (TPSA) is 65.0 Å². The molecule has 2 bridgehead atoms. The highest BCUT2D eigenvalue weighted by Gasteiger charge is 2.61. The molecule has 0 saturated carbocycles. The predicted octanol–water partition coefficient (Wildman–Crippen LogP) is 1.09. The molecule has 6 atom stereocenters. The molecule has 0 radical (unpaired) electrons. The quantitative estimate of drug-likeness (QED) is 0.768. The van der Waals surface area contributed by atoms with Gasteiger partial charge in [0.05, 0.1) is 19.3 Å². The Kier molecular flexibility index (Phi) is 3.67. The molecular weight excluding hydrogens is 236 g/mol. The minimum Gasteiger partial charge on any atom is -0.465 e. The maximum atomic E-state index is 11.9. The molecule has 0 spiro atoms. The fraction of sp³-hybridized carbons (Fsp3) is 0.923. The predicted molar refractivity (Wildman–Crippen MR) is 63.7 cm³/mol. The van der Waals surface area contributed by atoms with Crippen molar-refractivity contribution in [3.8, 4) is 0 Å². The standard InChI is InChI=1S/C13H22O5/c1-5-9(14)11-10-8(3)7(2)6-13(17-10,18-11)12(15)16-4/h7-11,14H,5-6H2,1-4H3/t7-,8-,9-,10?,11?,13+/m1/s1. The number of hydrogen-bond donors (Lipinski definition) is 1. The Morgan fingerprint density at radius 2 is 2.17 bits per heavy atom. The highest BCUT2D eigenvalue weighted by molar-refractivity contribution is 5.78. The van der Waals surface area contributed by atoms with E-state index in [1.165, 1.54) is 7.11 Å². The molecule has 18 heavy (non-hydrogen) atoms. The number of fused-ring (bicyclic) bond motifs is 2. The van der Waals surface area contributed by atoms with Gasteiger partial charge in [0, 0.05) is 6.42 Å². The molecule has 0 aromatic carbocycles. The van der Waals surface area contributed by atoms with E-state index in [1.807, 2.05) is 6.92 Å². The summed E-state index contributed by atoms with van der Waals surface area (Å²) < 4.78 is 16.4. The molecule has 2 aliphatic heterocycles. The van der Waals surface area contributed by atoms with Gasteiger partial charge in [-0.25, -0.2) is 4.79 Å². The Morgan fingerprint density at radius 3 is 2.72 bits per heavy atom. The fourth-order valence-electron chi connectivity index (χ4n) is 2.90. The highest BCUT2D eigenvalue weighted by atomic mass is 16.8. The summed E-state index contributed by atoms with van der Waals surface area (Å²) in [7, 11) is 1.32. The molecule has 2 unspecified atom stereocenters. The van der Waals surface area contributed by atoms with Gasteiger partial charge in [-0.05, 0) is 18.3 Å². The Labute approximate surface area is 107 Å². The van der Waals surface area contributed by atoms with E-state index in [4.69, 9.17) is 14.2 Å². The average molecular weight is 258 g/mol. The van der Waals surface area contributed by atoms with E-state index in [0.29, 0.717) is 12.8 Å². The number of aliphatic hydroxyl groups is 1. The number of carbonyl (C=O) groups excluding carboxylic acids is 1. The third-order valence-electron chi connectivity index (χ3n) is 4.28. The van der Waals surface area contributed by atoms with Crippen LogP contribution in [0.4, 0.5) is 0 Å². The van der Waals surface area contributed by atoms with Gasteiger partial charge in [-0.15, -0.1) is 0 Å². The van der Waals surface area contributed by atoms with Crippen LogP contribution in [0.2, 0.25) is 0 Å². The van der Waals surface area contributed by atoms with Crippen molar-refractivity contribution in [2.75, 3.05) is 7.11 Å². The van der Waals surface area contributed by atoms with Crippen LogP contribution in [-0.2, 0) is 19.0 Å². The first-order chi connectivity index (χ1) is 8.45. The molecule has 0 aromatic heterocycles. The van der Waals surface area contributed by atoms with Gasteiger partial charge in [-0.1, -0.05) is 20.8 Å². The molecule has 2 heterocycles. The molecule has 104 valence electrons. The Hall–Kier alpha value is -0.650. The van der Waals surface area contributed by atoms with Gasteiger partial charge in [0.1, 0.15) is 6.10 Å². The van der Waals surface area contributed by atoms with E-state index in [1.54, 1.807) is 0 Å². The van der Waals surface area contributed by atoms with Gasteiger partial charge in [-0.2, -0.15) is 0 Å². The van der Waals surface area contributed by atoms with Crippen LogP contribution >= 0.6 is 0 Å². The summed E-state index contributed by atoms with van der Waals surface area (Å²) in [6, 6.07) is 0. The molecule has 2 fully saturated rings. The lowest BCUT2D eigenvalue weighted by molar-refractivity contribution is -0.232. The Balaban J connectivity index is 2.28. The number of esters is 1. The summed E-state index contributed by atoms with van der Waals surface area (Å²) in [6.45, 7) is 6.03. The molecule has 0 amide bonds. The van der Waals surface area contributed by atoms with Crippen molar-refractivity contribution in [3.63, 3.8) is 0 Å². The van der Waals surface area contributed by atoms with Crippen LogP contribution in [0.1, 0.15) is 33.6 Å². The van der Waals surface area contributed by atoms with Crippen molar-refractivity contribution in [1.82, 2.24) is 0 Å². The van der Waals surface area contributed by atoms with Gasteiger partial charge in [0.15, 0.2) is 0 Å². The van der Waals surface area contributed by atoms with Gasteiger partial charge in [0.25, 0.3) is 5.79 Å². The Bertz CT molecular complexity index is 331. The SMILES string of the molecule is CC[C@@H](O)C1O[C@]2(C(=O)OC)C[C@@H](C)[C@@H](C)C1O2. The highest BCUT2D eigenvalue weighted by Crippen LogP contribution is 2.47. The first-order valence-electron chi connectivity index (χ1n) is 6.57. The lowest BCUT2D eigenvalue weighted by Crippen LogP contribution is -2.48. The first kappa shape index (κ1) is 13.8. The maximum absolute atomic E-state index is 11.9. The zero-order valence-corrected chi connectivity index (χ0v) is 11.4. The van der Waals surface area contributed by atoms with Crippen LogP contribution < -0.4 is 0 Å². The van der Waals surface area contributed by atoms with Gasteiger partial charge in [0.2, 0.25) is 0 Å². The number of hydrogen-bond acceptors (Lipinski definition) is 5. The number of aliphatic hydroxyl groups excluding tert-OH is 1. The van der Waals surface area contributed by atoms with E-state index in [0.717, 1.165) is 0 Å². The van der Waals surface area contributed by atoms with Crippen molar-refractivity contribution in [2.24, 2.45) is 11.8 Å². The van der Waals surface area contributed by atoms with Crippen LogP contribution in [0.15, 0.2) is 0 Å². The summed E-state index contributed by atoms with van der Waals surface area (Å²) >= 11 is 0. The minimum absolute atomic E-state index is 0.247. The van der Waals surface area contributed by atoms with Crippen molar-refractivity contribution in [2.45, 2.75) is 57.7 Å². The third-order valence-corrected chi connectivity index (χ3v) is 4.28.